The second kappa shape index (κ2) is 6.61. The Morgan fingerprint density at radius 3 is 2.62 bits per heavy atom. The fourth-order valence-corrected chi connectivity index (χ4v) is 4.11. The first-order chi connectivity index (χ1) is 9.92. The zero-order chi connectivity index (χ0) is 15.5. The van der Waals surface area contributed by atoms with E-state index in [4.69, 9.17) is 0 Å². The van der Waals surface area contributed by atoms with Crippen LogP contribution in [-0.2, 0) is 23.1 Å². The van der Waals surface area contributed by atoms with E-state index < -0.39 is 21.7 Å². The van der Waals surface area contributed by atoms with Crippen LogP contribution in [0.5, 0.6) is 0 Å². The maximum absolute atomic E-state index is 13.4. The van der Waals surface area contributed by atoms with Gasteiger partial charge in [-0.15, -0.1) is 11.3 Å². The predicted molar refractivity (Wildman–Crippen MR) is 77.5 cm³/mol. The molecule has 2 aromatic rings. The van der Waals surface area contributed by atoms with Crippen LogP contribution in [0.1, 0.15) is 10.4 Å². The number of thiophene rings is 1. The predicted octanol–water partition coefficient (Wildman–Crippen LogP) is 2.22. The molecule has 0 unspecified atom stereocenters. The number of hydrogen-bond acceptors (Lipinski definition) is 4. The molecule has 1 aromatic carbocycles. The number of sulfonamides is 1. The van der Waals surface area contributed by atoms with Gasteiger partial charge in [-0.3, -0.25) is 0 Å². The molecular weight excluding hydrogens is 318 g/mol. The van der Waals surface area contributed by atoms with E-state index in [9.17, 15) is 17.2 Å². The molecule has 2 rings (SSSR count). The molecule has 0 bridgehead atoms. The lowest BCUT2D eigenvalue weighted by atomic mass is 10.2. The summed E-state index contributed by atoms with van der Waals surface area (Å²) in [7, 11) is -1.97. The minimum absolute atomic E-state index is 0.0365. The minimum Gasteiger partial charge on any atom is -0.315 e. The first kappa shape index (κ1) is 16.0. The monoisotopic (exact) mass is 332 g/mol. The fourth-order valence-electron chi connectivity index (χ4n) is 1.69. The first-order valence-electron chi connectivity index (χ1n) is 6.09. The van der Waals surface area contributed by atoms with Crippen LogP contribution < -0.4 is 10.0 Å². The highest BCUT2D eigenvalue weighted by molar-refractivity contribution is 7.91. The van der Waals surface area contributed by atoms with E-state index >= 15 is 0 Å². The Kier molecular flexibility index (Phi) is 5.04. The molecule has 2 N–H and O–H groups in total. The SMILES string of the molecule is CNCc1ccc(S(=O)(=O)NCc2cc(F)ccc2F)s1. The summed E-state index contributed by atoms with van der Waals surface area (Å²) in [4.78, 5) is 0.870. The highest BCUT2D eigenvalue weighted by Crippen LogP contribution is 2.21. The van der Waals surface area contributed by atoms with Crippen LogP contribution in [0.25, 0.3) is 0 Å². The number of hydrogen-bond donors (Lipinski definition) is 2. The van der Waals surface area contributed by atoms with Gasteiger partial charge in [-0.2, -0.15) is 0 Å². The van der Waals surface area contributed by atoms with Gasteiger partial charge in [-0.05, 0) is 37.4 Å². The molecule has 0 saturated heterocycles. The van der Waals surface area contributed by atoms with Gasteiger partial charge in [-0.25, -0.2) is 21.9 Å². The van der Waals surface area contributed by atoms with Crippen molar-refractivity contribution in [1.82, 2.24) is 10.0 Å². The van der Waals surface area contributed by atoms with Crippen LogP contribution in [0, 0.1) is 11.6 Å². The lowest BCUT2D eigenvalue weighted by Gasteiger charge is -2.06. The standard InChI is InChI=1S/C13H14F2N2O2S2/c1-16-8-11-3-5-13(20-11)21(18,19)17-7-9-6-10(14)2-4-12(9)15/h2-6,16-17H,7-8H2,1H3. The second-order valence-electron chi connectivity index (χ2n) is 4.31. The largest absolute Gasteiger partial charge is 0.315 e. The van der Waals surface area contributed by atoms with Gasteiger partial charge in [0.1, 0.15) is 15.8 Å². The average Bonchev–Trinajstić information content (AvgIpc) is 2.90. The van der Waals surface area contributed by atoms with Crippen LogP contribution in [0.3, 0.4) is 0 Å². The number of halogens is 2. The van der Waals surface area contributed by atoms with Gasteiger partial charge in [-0.1, -0.05) is 0 Å². The normalized spacial score (nSPS) is 11.8. The van der Waals surface area contributed by atoms with Crippen molar-refractivity contribution in [3.63, 3.8) is 0 Å². The molecule has 1 aromatic heterocycles. The Bertz CT molecular complexity index is 730. The van der Waals surface area contributed by atoms with Gasteiger partial charge in [0.2, 0.25) is 10.0 Å². The Morgan fingerprint density at radius 1 is 1.14 bits per heavy atom. The van der Waals surface area contributed by atoms with Crippen molar-refractivity contribution in [3.05, 3.63) is 52.4 Å². The fraction of sp³-hybridized carbons (Fsp3) is 0.231. The zero-order valence-corrected chi connectivity index (χ0v) is 12.8. The molecule has 0 aliphatic heterocycles. The number of benzene rings is 1. The highest BCUT2D eigenvalue weighted by Gasteiger charge is 2.17. The van der Waals surface area contributed by atoms with Crippen LogP contribution >= 0.6 is 11.3 Å². The molecule has 0 atom stereocenters. The van der Waals surface area contributed by atoms with E-state index in [-0.39, 0.29) is 16.3 Å². The Labute approximate surface area is 125 Å². The van der Waals surface area contributed by atoms with Crippen LogP contribution in [-0.4, -0.2) is 15.5 Å². The molecule has 4 nitrogen and oxygen atoms in total. The van der Waals surface area contributed by atoms with Crippen LogP contribution in [0.2, 0.25) is 0 Å². The van der Waals surface area contributed by atoms with E-state index in [0.29, 0.717) is 6.54 Å². The van der Waals surface area contributed by atoms with Crippen molar-refractivity contribution >= 4 is 21.4 Å². The van der Waals surface area contributed by atoms with E-state index in [1.165, 1.54) is 6.07 Å². The van der Waals surface area contributed by atoms with Crippen molar-refractivity contribution in [2.24, 2.45) is 0 Å². The number of nitrogens with one attached hydrogen (secondary N) is 2. The highest BCUT2D eigenvalue weighted by atomic mass is 32.2. The molecule has 0 spiro atoms. The van der Waals surface area contributed by atoms with Crippen molar-refractivity contribution in [3.8, 4) is 0 Å². The third-order valence-electron chi connectivity index (χ3n) is 2.71. The first-order valence-corrected chi connectivity index (χ1v) is 8.39. The molecule has 114 valence electrons. The molecular formula is C13H14F2N2O2S2. The molecule has 0 aliphatic carbocycles. The quantitative estimate of drug-likeness (QED) is 0.853. The lowest BCUT2D eigenvalue weighted by Crippen LogP contribution is -2.23. The third-order valence-corrected chi connectivity index (χ3v) is 5.69. The summed E-state index contributed by atoms with van der Waals surface area (Å²) in [5.74, 6) is -1.26. The Morgan fingerprint density at radius 2 is 1.90 bits per heavy atom. The summed E-state index contributed by atoms with van der Waals surface area (Å²) >= 11 is 1.13. The minimum atomic E-state index is -3.73. The summed E-state index contributed by atoms with van der Waals surface area (Å²) < 4.78 is 53.1. The van der Waals surface area contributed by atoms with Gasteiger partial charge in [0.05, 0.1) is 0 Å². The molecule has 8 heteroatoms. The Hall–Kier alpha value is -1.35. The Balaban J connectivity index is 2.11. The number of rotatable bonds is 6. The van der Waals surface area contributed by atoms with E-state index in [1.54, 1.807) is 13.1 Å². The maximum atomic E-state index is 13.4. The van der Waals surface area contributed by atoms with Crippen molar-refractivity contribution in [2.45, 2.75) is 17.3 Å². The van der Waals surface area contributed by atoms with Crippen molar-refractivity contribution < 1.29 is 17.2 Å². The molecule has 0 fully saturated rings. The van der Waals surface area contributed by atoms with E-state index in [0.717, 1.165) is 34.4 Å². The smallest absolute Gasteiger partial charge is 0.250 e. The van der Waals surface area contributed by atoms with Gasteiger partial charge in [0, 0.05) is 23.5 Å². The molecule has 0 amide bonds. The average molecular weight is 332 g/mol. The topological polar surface area (TPSA) is 58.2 Å². The van der Waals surface area contributed by atoms with E-state index in [1.807, 2.05) is 0 Å². The van der Waals surface area contributed by atoms with Crippen molar-refractivity contribution in [1.29, 1.82) is 0 Å². The summed E-state index contributed by atoms with van der Waals surface area (Å²) in [6.07, 6.45) is 0. The lowest BCUT2D eigenvalue weighted by molar-refractivity contribution is 0.568. The summed E-state index contributed by atoms with van der Waals surface area (Å²) in [6.45, 7) is 0.268. The maximum Gasteiger partial charge on any atom is 0.250 e. The van der Waals surface area contributed by atoms with Crippen LogP contribution in [0.15, 0.2) is 34.5 Å². The molecule has 0 aliphatic rings. The van der Waals surface area contributed by atoms with Gasteiger partial charge < -0.3 is 5.32 Å². The summed E-state index contributed by atoms with van der Waals surface area (Å²) in [5.41, 5.74) is -0.0365. The van der Waals surface area contributed by atoms with Gasteiger partial charge >= 0.3 is 0 Å². The molecule has 0 radical (unpaired) electrons. The molecule has 21 heavy (non-hydrogen) atoms. The molecule has 0 saturated carbocycles. The summed E-state index contributed by atoms with van der Waals surface area (Å²) in [5, 5.41) is 2.92. The van der Waals surface area contributed by atoms with E-state index in [2.05, 4.69) is 10.0 Å². The molecule has 1 heterocycles. The second-order valence-corrected chi connectivity index (χ2v) is 7.47. The van der Waals surface area contributed by atoms with Gasteiger partial charge in [0.25, 0.3) is 0 Å². The van der Waals surface area contributed by atoms with Crippen LogP contribution in [0.4, 0.5) is 8.78 Å². The third kappa shape index (κ3) is 4.07. The van der Waals surface area contributed by atoms with Gasteiger partial charge in [0.15, 0.2) is 0 Å². The van der Waals surface area contributed by atoms with Crippen molar-refractivity contribution in [2.75, 3.05) is 7.05 Å². The zero-order valence-electron chi connectivity index (χ0n) is 11.2. The summed E-state index contributed by atoms with van der Waals surface area (Å²) in [6, 6.07) is 6.12.